The molecule has 1 aliphatic heterocycles. The van der Waals surface area contributed by atoms with Crippen molar-refractivity contribution in [3.63, 3.8) is 0 Å². The van der Waals surface area contributed by atoms with Gasteiger partial charge in [0.25, 0.3) is 11.8 Å². The normalized spacial score (nSPS) is 19.1. The second-order valence-electron chi connectivity index (χ2n) is 4.21. The first kappa shape index (κ1) is 12.1. The van der Waals surface area contributed by atoms with Gasteiger partial charge in [0.2, 0.25) is 5.91 Å². The maximum atomic E-state index is 11.7. The van der Waals surface area contributed by atoms with Crippen LogP contribution >= 0.6 is 0 Å². The van der Waals surface area contributed by atoms with Gasteiger partial charge in [-0.05, 0) is 21.0 Å². The molecule has 19 heavy (non-hydrogen) atoms. The van der Waals surface area contributed by atoms with E-state index in [1.54, 1.807) is 14.1 Å². The van der Waals surface area contributed by atoms with E-state index in [1.807, 2.05) is 5.32 Å². The molecule has 1 saturated heterocycles. The van der Waals surface area contributed by atoms with Crippen LogP contribution in [0.5, 0.6) is 0 Å². The fourth-order valence-corrected chi connectivity index (χ4v) is 1.22. The van der Waals surface area contributed by atoms with Crippen LogP contribution in [0.4, 0.5) is 0 Å². The zero-order valence-electron chi connectivity index (χ0n) is 12.9. The molecule has 0 aromatic heterocycles. The van der Waals surface area contributed by atoms with Crippen molar-refractivity contribution in [1.82, 2.24) is 15.3 Å². The maximum absolute atomic E-state index is 11.7. The SMILES string of the molecule is [2H]C([2H])([15NH][13C](=[18O])C(C)N(C)C)C(=[18O])ON1C(=O)CCC1=O. The Labute approximate surface area is 113 Å². The molecule has 1 fully saturated rings. The third-order valence-electron chi connectivity index (χ3n) is 2.62. The van der Waals surface area contributed by atoms with E-state index in [1.165, 1.54) is 11.8 Å². The molecule has 3 amide bonds. The fraction of sp³-hybridized carbons (Fsp3) is 0.636. The van der Waals surface area contributed by atoms with Crippen molar-refractivity contribution in [3.8, 4) is 0 Å². The summed E-state index contributed by atoms with van der Waals surface area (Å²) >= 11 is 0. The van der Waals surface area contributed by atoms with Crippen LogP contribution in [0.1, 0.15) is 22.5 Å². The van der Waals surface area contributed by atoms with Gasteiger partial charge in [0.05, 0.1) is 8.78 Å². The third kappa shape index (κ3) is 4.02. The molecule has 106 valence electrons. The van der Waals surface area contributed by atoms with Crippen LogP contribution < -0.4 is 5.32 Å². The molecule has 8 nitrogen and oxygen atoms in total. The van der Waals surface area contributed by atoms with Crippen molar-refractivity contribution < 1.29 is 26.8 Å². The second-order valence-corrected chi connectivity index (χ2v) is 4.21. The highest BCUT2D eigenvalue weighted by Gasteiger charge is 2.32. The summed E-state index contributed by atoms with van der Waals surface area (Å²) in [7, 11) is 3.22. The number of hydrogen-bond donors (Lipinski definition) is 1. The number of rotatable bonds is 5. The van der Waals surface area contributed by atoms with Gasteiger partial charge in [-0.3, -0.25) is 19.3 Å². The molecule has 1 heterocycles. The maximum Gasteiger partial charge on any atom is 0.352 e. The molecule has 1 N–H and O–H groups in total. The molecule has 0 saturated carbocycles. The lowest BCUT2D eigenvalue weighted by Gasteiger charge is -2.19. The summed E-state index contributed by atoms with van der Waals surface area (Å²) in [6.07, 6.45) is -0.196. The molecule has 0 spiro atoms. The molecule has 1 aliphatic rings. The summed E-state index contributed by atoms with van der Waals surface area (Å²) in [5, 5.41) is 2.09. The van der Waals surface area contributed by atoms with Gasteiger partial charge in [-0.2, -0.15) is 0 Å². The fourth-order valence-electron chi connectivity index (χ4n) is 1.22. The summed E-state index contributed by atoms with van der Waals surface area (Å²) in [6, 6.07) is -0.678. The molecule has 1 unspecified atom stereocenters. The summed E-state index contributed by atoms with van der Waals surface area (Å²) in [6.45, 7) is -1.34. The van der Waals surface area contributed by atoms with Gasteiger partial charge >= 0.3 is 5.97 Å². The second kappa shape index (κ2) is 6.28. The zero-order valence-corrected chi connectivity index (χ0v) is 10.9. The van der Waals surface area contributed by atoms with E-state index < -0.39 is 36.2 Å². The average molecular weight is 279 g/mol. The van der Waals surface area contributed by atoms with Crippen LogP contribution in [0.2, 0.25) is 0 Å². The Bertz CT molecular complexity index is 464. The first-order valence-corrected chi connectivity index (χ1v) is 5.63. The molecule has 0 aromatic rings. The van der Waals surface area contributed by atoms with E-state index >= 15 is 0 Å². The first-order chi connectivity index (χ1) is 9.56. The van der Waals surface area contributed by atoms with E-state index in [0.29, 0.717) is 0 Å². The molecular weight excluding hydrogens is 260 g/mol. The summed E-state index contributed by atoms with van der Waals surface area (Å²) < 4.78 is 15.0. The standard InChI is InChI=1S/C11H17N3O5/c1-7(13(2)3)11(18)12-6-10(17)19-14-8(15)4-5-9(14)16/h7H,4-6H2,1-3H3,(H,12,18)/i6D2,11+1,12+1,17+2,18+2. The van der Waals surface area contributed by atoms with Crippen molar-refractivity contribution >= 4 is 23.7 Å². The minimum Gasteiger partial charge on any atom is -0.344 e. The Hall–Kier alpha value is -1.96. The lowest BCUT2D eigenvalue weighted by molar-refractivity contribution is -0.196. The van der Waals surface area contributed by atoms with Gasteiger partial charge in [-0.1, -0.05) is 0 Å². The van der Waals surface area contributed by atoms with Gasteiger partial charge in [-0.25, -0.2) is 4.79 Å². The predicted molar refractivity (Wildman–Crippen MR) is 63.3 cm³/mol. The molecular formula is C11H17N3O5. The van der Waals surface area contributed by atoms with Crippen molar-refractivity contribution in [1.29, 1.82) is 0 Å². The molecule has 0 aliphatic carbocycles. The summed E-state index contributed by atoms with van der Waals surface area (Å²) in [5.41, 5.74) is 0. The Kier molecular flexibility index (Phi) is 4.00. The molecule has 0 aromatic carbocycles. The quantitative estimate of drug-likeness (QED) is 0.289. The molecule has 1 atom stereocenters. The van der Waals surface area contributed by atoms with Crippen molar-refractivity contribution in [2.45, 2.75) is 25.8 Å². The van der Waals surface area contributed by atoms with Crippen LogP contribution in [0, 0.1) is 0 Å². The smallest absolute Gasteiger partial charge is 0.344 e. The van der Waals surface area contributed by atoms with Crippen molar-refractivity contribution in [2.75, 3.05) is 20.6 Å². The van der Waals surface area contributed by atoms with Crippen LogP contribution in [0.3, 0.4) is 0 Å². The van der Waals surface area contributed by atoms with Crippen LogP contribution in [-0.2, 0) is 24.0 Å². The van der Waals surface area contributed by atoms with E-state index in [4.69, 9.17) is 2.74 Å². The number of nitrogens with one attached hydrogen (secondary N) is 1. The average Bonchev–Trinajstić information content (AvgIpc) is 2.68. The Morgan fingerprint density at radius 1 is 1.47 bits per heavy atom. The van der Waals surface area contributed by atoms with Gasteiger partial charge in [0.1, 0.15) is 6.50 Å². The van der Waals surface area contributed by atoms with E-state index in [-0.39, 0.29) is 17.9 Å². The predicted octanol–water partition coefficient (Wildman–Crippen LogP) is -1.34. The van der Waals surface area contributed by atoms with Gasteiger partial charge in [-0.15, -0.1) is 5.06 Å². The first-order valence-electron chi connectivity index (χ1n) is 6.63. The number of carbonyl (C=O) groups excluding carboxylic acids is 4. The Morgan fingerprint density at radius 2 is 2.00 bits per heavy atom. The van der Waals surface area contributed by atoms with Gasteiger partial charge < -0.3 is 10.2 Å². The molecule has 1 rings (SSSR count). The van der Waals surface area contributed by atoms with Gasteiger partial charge in [0, 0.05) is 12.8 Å². The molecule has 0 bridgehead atoms. The van der Waals surface area contributed by atoms with Crippen LogP contribution in [0.25, 0.3) is 0 Å². The summed E-state index contributed by atoms with van der Waals surface area (Å²) in [5.74, 6) is -3.72. The molecule has 0 radical (unpaired) electrons. The highest BCUT2D eigenvalue weighted by Crippen LogP contribution is 2.11. The summed E-state index contributed by atoms with van der Waals surface area (Å²) in [4.78, 5) is 51.9. The van der Waals surface area contributed by atoms with Gasteiger partial charge in [0.15, 0.2) is 0 Å². The highest BCUT2D eigenvalue weighted by atomic mass is 18.1. The monoisotopic (exact) mass is 279 g/mol. The lowest BCUT2D eigenvalue weighted by Crippen LogP contribution is -2.44. The highest BCUT2D eigenvalue weighted by molar-refractivity contribution is 6.01. The number of carbonyl (C=O) groups is 4. The Morgan fingerprint density at radius 3 is 2.47 bits per heavy atom. The van der Waals surface area contributed by atoms with E-state index in [0.717, 1.165) is 0 Å². The number of hydrogen-bond acceptors (Lipinski definition) is 6. The van der Waals surface area contributed by atoms with Crippen LogP contribution in [-0.4, -0.2) is 60.3 Å². The number of likely N-dealkylation sites (N-methyl/N-ethyl adjacent to an activating group) is 1. The largest absolute Gasteiger partial charge is 0.352 e. The van der Waals surface area contributed by atoms with E-state index in [2.05, 4.69) is 4.84 Å². The lowest BCUT2D eigenvalue weighted by atomic mass is 10.4. The Balaban J connectivity index is 2.69. The van der Waals surface area contributed by atoms with Crippen molar-refractivity contribution in [2.24, 2.45) is 0 Å². The topological polar surface area (TPSA) is 96.0 Å². The van der Waals surface area contributed by atoms with Crippen LogP contribution in [0.15, 0.2) is 0 Å². The number of amides is 3. The number of nitrogens with zero attached hydrogens (tertiary/aromatic N) is 2. The molecule has 8 heteroatoms. The minimum atomic E-state index is -2.86. The third-order valence-corrected chi connectivity index (χ3v) is 2.62. The van der Waals surface area contributed by atoms with E-state index in [9.17, 15) is 19.2 Å². The van der Waals surface area contributed by atoms with Crippen molar-refractivity contribution in [3.05, 3.63) is 0 Å². The number of hydroxylamine groups is 2. The number of imide groups is 1. The minimum absolute atomic E-state index is 0.0981. The zero-order chi connectivity index (χ0) is 16.4.